The fourth-order valence-electron chi connectivity index (χ4n) is 3.78. The summed E-state index contributed by atoms with van der Waals surface area (Å²) >= 11 is 0. The normalized spacial score (nSPS) is 12.1. The SMILES string of the molecule is CC/C=C\C/C=C\C/C=C\CCCCCCCc1cc(=O)c2c(O)cc(OCOC)c(C)c2o1. The molecular weight excluding hydrogens is 428 g/mol. The molecule has 34 heavy (non-hydrogen) atoms. The van der Waals surface area contributed by atoms with E-state index in [-0.39, 0.29) is 23.4 Å². The monoisotopic (exact) mass is 468 g/mol. The summed E-state index contributed by atoms with van der Waals surface area (Å²) in [7, 11) is 1.53. The van der Waals surface area contributed by atoms with E-state index in [0.29, 0.717) is 29.1 Å². The van der Waals surface area contributed by atoms with E-state index in [0.717, 1.165) is 38.5 Å². The Morgan fingerprint density at radius 2 is 1.62 bits per heavy atom. The third-order valence-corrected chi connectivity index (χ3v) is 5.64. The number of phenols is 1. The predicted molar refractivity (Wildman–Crippen MR) is 140 cm³/mol. The maximum atomic E-state index is 12.6. The van der Waals surface area contributed by atoms with E-state index in [1.54, 1.807) is 0 Å². The first-order valence-electron chi connectivity index (χ1n) is 12.4. The molecule has 186 valence electrons. The molecule has 5 nitrogen and oxygen atoms in total. The highest BCUT2D eigenvalue weighted by molar-refractivity contribution is 5.87. The lowest BCUT2D eigenvalue weighted by Crippen LogP contribution is -2.06. The zero-order valence-electron chi connectivity index (χ0n) is 21.0. The maximum Gasteiger partial charge on any atom is 0.196 e. The molecular formula is C29H40O5. The van der Waals surface area contributed by atoms with Crippen LogP contribution in [0, 0.1) is 6.92 Å². The zero-order chi connectivity index (χ0) is 24.6. The Bertz CT molecular complexity index is 1010. The molecule has 0 atom stereocenters. The number of hydrogen-bond acceptors (Lipinski definition) is 5. The Balaban J connectivity index is 1.73. The van der Waals surface area contributed by atoms with E-state index >= 15 is 0 Å². The van der Waals surface area contributed by atoms with Gasteiger partial charge in [0.05, 0.1) is 0 Å². The van der Waals surface area contributed by atoms with E-state index in [4.69, 9.17) is 13.9 Å². The van der Waals surface area contributed by atoms with Gasteiger partial charge in [-0.15, -0.1) is 0 Å². The number of aryl methyl sites for hydroxylation is 2. The number of hydrogen-bond donors (Lipinski definition) is 1. The maximum absolute atomic E-state index is 12.6. The summed E-state index contributed by atoms with van der Waals surface area (Å²) in [5.74, 6) is 0.951. The van der Waals surface area contributed by atoms with Gasteiger partial charge in [0.15, 0.2) is 12.2 Å². The van der Waals surface area contributed by atoms with E-state index in [1.165, 1.54) is 38.5 Å². The van der Waals surface area contributed by atoms with Gasteiger partial charge in [-0.25, -0.2) is 0 Å². The molecule has 0 bridgehead atoms. The number of phenolic OH excluding ortho intramolecular Hbond substituents is 1. The molecule has 0 radical (unpaired) electrons. The summed E-state index contributed by atoms with van der Waals surface area (Å²) < 4.78 is 16.4. The van der Waals surface area contributed by atoms with Crippen molar-refractivity contribution in [1.29, 1.82) is 0 Å². The second kappa shape index (κ2) is 15.9. The first-order valence-corrected chi connectivity index (χ1v) is 12.4. The molecule has 0 saturated heterocycles. The van der Waals surface area contributed by atoms with Crippen LogP contribution in [-0.4, -0.2) is 19.0 Å². The third-order valence-electron chi connectivity index (χ3n) is 5.64. The van der Waals surface area contributed by atoms with Crippen LogP contribution in [0.3, 0.4) is 0 Å². The van der Waals surface area contributed by atoms with Crippen LogP contribution in [0.4, 0.5) is 0 Å². The van der Waals surface area contributed by atoms with Crippen LogP contribution in [0.5, 0.6) is 11.5 Å². The van der Waals surface area contributed by atoms with Gasteiger partial charge in [0, 0.05) is 31.2 Å². The van der Waals surface area contributed by atoms with E-state index in [2.05, 4.69) is 43.4 Å². The number of ether oxygens (including phenoxy) is 2. The van der Waals surface area contributed by atoms with Crippen molar-refractivity contribution in [2.75, 3.05) is 13.9 Å². The van der Waals surface area contributed by atoms with Crippen LogP contribution in [-0.2, 0) is 11.2 Å². The van der Waals surface area contributed by atoms with Crippen LogP contribution in [0.25, 0.3) is 11.0 Å². The summed E-state index contributed by atoms with van der Waals surface area (Å²) in [6.07, 6.45) is 24.0. The van der Waals surface area contributed by atoms with Crippen molar-refractivity contribution in [3.8, 4) is 11.5 Å². The Labute approximate surface area is 203 Å². The molecule has 1 aromatic carbocycles. The summed E-state index contributed by atoms with van der Waals surface area (Å²) in [4.78, 5) is 12.6. The average molecular weight is 469 g/mol. The van der Waals surface area contributed by atoms with Gasteiger partial charge in [0.25, 0.3) is 0 Å². The number of aromatic hydroxyl groups is 1. The number of rotatable bonds is 16. The molecule has 0 amide bonds. The molecule has 2 aromatic rings. The van der Waals surface area contributed by atoms with Crippen molar-refractivity contribution >= 4 is 11.0 Å². The molecule has 1 aromatic heterocycles. The van der Waals surface area contributed by atoms with Crippen LogP contribution >= 0.6 is 0 Å². The Morgan fingerprint density at radius 1 is 0.941 bits per heavy atom. The third kappa shape index (κ3) is 9.22. The van der Waals surface area contributed by atoms with Crippen LogP contribution in [0.15, 0.2) is 57.8 Å². The minimum absolute atomic E-state index is 0.0550. The van der Waals surface area contributed by atoms with E-state index in [1.807, 2.05) is 6.92 Å². The van der Waals surface area contributed by atoms with Gasteiger partial charge in [-0.3, -0.25) is 4.79 Å². The van der Waals surface area contributed by atoms with Crippen LogP contribution in [0.1, 0.15) is 76.0 Å². The number of methoxy groups -OCH3 is 1. The predicted octanol–water partition coefficient (Wildman–Crippen LogP) is 7.53. The number of unbranched alkanes of at least 4 members (excludes halogenated alkanes) is 5. The van der Waals surface area contributed by atoms with Crippen molar-refractivity contribution in [1.82, 2.24) is 0 Å². The fourth-order valence-corrected chi connectivity index (χ4v) is 3.78. The van der Waals surface area contributed by atoms with Gasteiger partial charge < -0.3 is 19.0 Å². The van der Waals surface area contributed by atoms with Gasteiger partial charge in [-0.2, -0.15) is 0 Å². The molecule has 0 aliphatic carbocycles. The molecule has 0 spiro atoms. The number of benzene rings is 1. The zero-order valence-corrected chi connectivity index (χ0v) is 21.0. The summed E-state index contributed by atoms with van der Waals surface area (Å²) in [6.45, 7) is 4.02. The van der Waals surface area contributed by atoms with Crippen molar-refractivity contribution in [3.05, 3.63) is 70.1 Å². The highest BCUT2D eigenvalue weighted by Gasteiger charge is 2.16. The Hall–Kier alpha value is -2.79. The first kappa shape index (κ1) is 27.5. The number of allylic oxidation sites excluding steroid dienone is 6. The first-order chi connectivity index (χ1) is 16.6. The van der Waals surface area contributed by atoms with Gasteiger partial charge in [-0.1, -0.05) is 62.6 Å². The lowest BCUT2D eigenvalue weighted by molar-refractivity contribution is 0.0505. The average Bonchev–Trinajstić information content (AvgIpc) is 2.82. The summed E-state index contributed by atoms with van der Waals surface area (Å²) in [5, 5.41) is 10.5. The summed E-state index contributed by atoms with van der Waals surface area (Å²) in [5.41, 5.74) is 0.836. The van der Waals surface area contributed by atoms with Gasteiger partial charge in [-0.05, 0) is 45.4 Å². The highest BCUT2D eigenvalue weighted by atomic mass is 16.7. The fraction of sp³-hybridized carbons (Fsp3) is 0.483. The minimum Gasteiger partial charge on any atom is -0.507 e. The molecule has 0 aliphatic rings. The molecule has 0 aliphatic heterocycles. The molecule has 0 fully saturated rings. The minimum atomic E-state index is -0.228. The molecule has 5 heteroatoms. The van der Waals surface area contributed by atoms with E-state index in [9.17, 15) is 9.90 Å². The number of fused-ring (bicyclic) bond motifs is 1. The second-order valence-corrected chi connectivity index (χ2v) is 8.45. The van der Waals surface area contributed by atoms with Crippen molar-refractivity contribution in [2.24, 2.45) is 0 Å². The largest absolute Gasteiger partial charge is 0.507 e. The molecule has 0 unspecified atom stereocenters. The molecule has 1 heterocycles. The molecule has 2 rings (SSSR count). The second-order valence-electron chi connectivity index (χ2n) is 8.45. The summed E-state index contributed by atoms with van der Waals surface area (Å²) in [6, 6.07) is 2.93. The lowest BCUT2D eigenvalue weighted by Gasteiger charge is -2.12. The molecule has 1 N–H and O–H groups in total. The van der Waals surface area contributed by atoms with Crippen molar-refractivity contribution in [3.63, 3.8) is 0 Å². The quantitative estimate of drug-likeness (QED) is 0.157. The van der Waals surface area contributed by atoms with Crippen molar-refractivity contribution < 1.29 is 19.0 Å². The molecule has 0 saturated carbocycles. The van der Waals surface area contributed by atoms with Gasteiger partial charge in [0.2, 0.25) is 0 Å². The van der Waals surface area contributed by atoms with Gasteiger partial charge >= 0.3 is 0 Å². The highest BCUT2D eigenvalue weighted by Crippen LogP contribution is 2.33. The van der Waals surface area contributed by atoms with Crippen molar-refractivity contribution in [2.45, 2.75) is 78.1 Å². The van der Waals surface area contributed by atoms with E-state index < -0.39 is 0 Å². The lowest BCUT2D eigenvalue weighted by atomic mass is 10.1. The topological polar surface area (TPSA) is 68.9 Å². The Morgan fingerprint density at radius 3 is 2.35 bits per heavy atom. The van der Waals surface area contributed by atoms with Crippen LogP contribution in [0.2, 0.25) is 0 Å². The van der Waals surface area contributed by atoms with Crippen LogP contribution < -0.4 is 10.2 Å². The standard InChI is InChI=1S/C29H40O5/c1-4-5-6-7-8-9-10-11-12-13-14-15-16-17-18-19-24-20-25(30)28-26(31)21-27(33-22-32-3)23(2)29(28)34-24/h5-6,8-9,11-12,20-21,31H,4,7,10,13-19,22H2,1-3H3/b6-5-,9-8-,12-11-. The smallest absolute Gasteiger partial charge is 0.196 e. The van der Waals surface area contributed by atoms with Gasteiger partial charge in [0.1, 0.15) is 28.2 Å². The Kier molecular flexibility index (Phi) is 12.9.